The normalized spacial score (nSPS) is 10.8. The molecule has 21 heavy (non-hydrogen) atoms. The molecule has 1 heterocycles. The molecule has 4 heteroatoms. The van der Waals surface area contributed by atoms with E-state index in [2.05, 4.69) is 35.3 Å². The molecule has 0 unspecified atom stereocenters. The largest absolute Gasteiger partial charge is 0.508 e. The zero-order valence-electron chi connectivity index (χ0n) is 12.0. The van der Waals surface area contributed by atoms with Crippen molar-refractivity contribution in [1.29, 1.82) is 0 Å². The van der Waals surface area contributed by atoms with Crippen LogP contribution in [0.2, 0.25) is 0 Å². The van der Waals surface area contributed by atoms with Crippen LogP contribution in [-0.2, 0) is 6.42 Å². The average molecular weight is 280 g/mol. The van der Waals surface area contributed by atoms with E-state index in [1.807, 2.05) is 13.0 Å². The standard InChI is InChI=1S/C17H16N2O2/c1-11-4-3-5-13(8-11)10-16-18-17(21-19-16)15-7-6-14(20)9-12(15)2/h3-9,20H,10H2,1-2H3. The molecule has 4 nitrogen and oxygen atoms in total. The molecule has 0 aliphatic carbocycles. The highest BCUT2D eigenvalue weighted by atomic mass is 16.5. The average Bonchev–Trinajstić information content (AvgIpc) is 2.87. The molecule has 0 aliphatic rings. The van der Waals surface area contributed by atoms with Crippen LogP contribution in [0.1, 0.15) is 22.5 Å². The van der Waals surface area contributed by atoms with Gasteiger partial charge in [-0.15, -0.1) is 0 Å². The Balaban J connectivity index is 1.86. The Bertz CT molecular complexity index is 778. The van der Waals surface area contributed by atoms with Crippen LogP contribution < -0.4 is 0 Å². The predicted molar refractivity (Wildman–Crippen MR) is 80.1 cm³/mol. The molecule has 1 aromatic heterocycles. The second kappa shape index (κ2) is 5.40. The van der Waals surface area contributed by atoms with Gasteiger partial charge in [-0.25, -0.2) is 0 Å². The van der Waals surface area contributed by atoms with Crippen LogP contribution in [0.15, 0.2) is 47.0 Å². The summed E-state index contributed by atoms with van der Waals surface area (Å²) >= 11 is 0. The first-order valence-corrected chi connectivity index (χ1v) is 6.80. The van der Waals surface area contributed by atoms with E-state index in [1.165, 1.54) is 5.56 Å². The molecular weight excluding hydrogens is 264 g/mol. The van der Waals surface area contributed by atoms with Gasteiger partial charge < -0.3 is 9.63 Å². The second-order valence-corrected chi connectivity index (χ2v) is 5.18. The molecule has 3 aromatic rings. The summed E-state index contributed by atoms with van der Waals surface area (Å²) in [5.74, 6) is 1.37. The molecule has 2 aromatic carbocycles. The zero-order valence-corrected chi connectivity index (χ0v) is 12.0. The number of hydrogen-bond acceptors (Lipinski definition) is 4. The van der Waals surface area contributed by atoms with Crippen LogP contribution >= 0.6 is 0 Å². The lowest BCUT2D eigenvalue weighted by atomic mass is 10.1. The number of hydrogen-bond donors (Lipinski definition) is 1. The molecule has 3 rings (SSSR count). The first kappa shape index (κ1) is 13.4. The maximum absolute atomic E-state index is 9.44. The topological polar surface area (TPSA) is 59.2 Å². The lowest BCUT2D eigenvalue weighted by molar-refractivity contribution is 0.423. The lowest BCUT2D eigenvalue weighted by Crippen LogP contribution is -1.91. The van der Waals surface area contributed by atoms with Crippen LogP contribution in [0.4, 0.5) is 0 Å². The number of aromatic nitrogens is 2. The van der Waals surface area contributed by atoms with Gasteiger partial charge in [-0.1, -0.05) is 35.0 Å². The van der Waals surface area contributed by atoms with Crippen molar-refractivity contribution in [3.8, 4) is 17.2 Å². The minimum Gasteiger partial charge on any atom is -0.508 e. The molecule has 0 atom stereocenters. The van der Waals surface area contributed by atoms with E-state index < -0.39 is 0 Å². The summed E-state index contributed by atoms with van der Waals surface area (Å²) in [6.07, 6.45) is 0.641. The van der Waals surface area contributed by atoms with Crippen LogP contribution in [-0.4, -0.2) is 15.2 Å². The molecule has 0 amide bonds. The number of rotatable bonds is 3. The smallest absolute Gasteiger partial charge is 0.258 e. The maximum Gasteiger partial charge on any atom is 0.258 e. The quantitative estimate of drug-likeness (QED) is 0.795. The summed E-state index contributed by atoms with van der Waals surface area (Å²) in [4.78, 5) is 4.44. The van der Waals surface area contributed by atoms with E-state index >= 15 is 0 Å². The van der Waals surface area contributed by atoms with Crippen molar-refractivity contribution in [3.63, 3.8) is 0 Å². The fourth-order valence-corrected chi connectivity index (χ4v) is 2.33. The highest BCUT2D eigenvalue weighted by molar-refractivity contribution is 5.59. The van der Waals surface area contributed by atoms with Gasteiger partial charge in [-0.2, -0.15) is 4.98 Å². The zero-order chi connectivity index (χ0) is 14.8. The van der Waals surface area contributed by atoms with Crippen molar-refractivity contribution in [1.82, 2.24) is 10.1 Å². The van der Waals surface area contributed by atoms with Gasteiger partial charge in [0.2, 0.25) is 0 Å². The molecule has 0 aliphatic heterocycles. The van der Waals surface area contributed by atoms with Gasteiger partial charge in [0, 0.05) is 12.0 Å². The summed E-state index contributed by atoms with van der Waals surface area (Å²) in [7, 11) is 0. The molecule has 0 radical (unpaired) electrons. The minimum absolute atomic E-state index is 0.232. The first-order chi connectivity index (χ1) is 10.1. The molecule has 106 valence electrons. The van der Waals surface area contributed by atoms with Crippen LogP contribution in [0.5, 0.6) is 5.75 Å². The molecule has 0 saturated carbocycles. The fraction of sp³-hybridized carbons (Fsp3) is 0.176. The van der Waals surface area contributed by atoms with Gasteiger partial charge in [0.25, 0.3) is 5.89 Å². The number of aromatic hydroxyl groups is 1. The lowest BCUT2D eigenvalue weighted by Gasteiger charge is -2.00. The van der Waals surface area contributed by atoms with E-state index in [1.54, 1.807) is 18.2 Å². The SMILES string of the molecule is Cc1cccc(Cc2noc(-c3ccc(O)cc3C)n2)c1. The monoisotopic (exact) mass is 280 g/mol. The summed E-state index contributed by atoms with van der Waals surface area (Å²) in [6, 6.07) is 13.3. The number of phenolic OH excluding ortho intramolecular Hbond substituents is 1. The summed E-state index contributed by atoms with van der Waals surface area (Å²) in [5.41, 5.74) is 4.12. The third-order valence-electron chi connectivity index (χ3n) is 3.35. The predicted octanol–water partition coefficient (Wildman–Crippen LogP) is 3.65. The Morgan fingerprint density at radius 2 is 1.95 bits per heavy atom. The summed E-state index contributed by atoms with van der Waals surface area (Å²) in [5, 5.41) is 13.5. The Kier molecular flexibility index (Phi) is 3.44. The van der Waals surface area contributed by atoms with Gasteiger partial charge in [-0.05, 0) is 43.2 Å². The van der Waals surface area contributed by atoms with Crippen molar-refractivity contribution in [2.24, 2.45) is 0 Å². The van der Waals surface area contributed by atoms with E-state index in [0.29, 0.717) is 18.1 Å². The van der Waals surface area contributed by atoms with Crippen molar-refractivity contribution in [3.05, 3.63) is 65.0 Å². The van der Waals surface area contributed by atoms with Crippen LogP contribution in [0.25, 0.3) is 11.5 Å². The van der Waals surface area contributed by atoms with Crippen molar-refractivity contribution in [2.45, 2.75) is 20.3 Å². The third kappa shape index (κ3) is 2.94. The van der Waals surface area contributed by atoms with Gasteiger partial charge in [0.1, 0.15) is 5.75 Å². The van der Waals surface area contributed by atoms with Crippen LogP contribution in [0.3, 0.4) is 0 Å². The van der Waals surface area contributed by atoms with Gasteiger partial charge in [0.05, 0.1) is 0 Å². The minimum atomic E-state index is 0.232. The Labute approximate surface area is 123 Å². The molecule has 0 saturated heterocycles. The first-order valence-electron chi connectivity index (χ1n) is 6.80. The fourth-order valence-electron chi connectivity index (χ4n) is 2.33. The van der Waals surface area contributed by atoms with E-state index in [9.17, 15) is 5.11 Å². The van der Waals surface area contributed by atoms with Gasteiger partial charge in [-0.3, -0.25) is 0 Å². The molecular formula is C17H16N2O2. The maximum atomic E-state index is 9.44. The number of nitrogens with zero attached hydrogens (tertiary/aromatic N) is 2. The van der Waals surface area contributed by atoms with Gasteiger partial charge in [0.15, 0.2) is 5.82 Å². The number of benzene rings is 2. The van der Waals surface area contributed by atoms with E-state index in [0.717, 1.165) is 16.7 Å². The highest BCUT2D eigenvalue weighted by Crippen LogP contribution is 2.25. The Hall–Kier alpha value is -2.62. The second-order valence-electron chi connectivity index (χ2n) is 5.18. The molecule has 0 spiro atoms. The van der Waals surface area contributed by atoms with Crippen molar-refractivity contribution < 1.29 is 9.63 Å². The van der Waals surface area contributed by atoms with Crippen molar-refractivity contribution >= 4 is 0 Å². The highest BCUT2D eigenvalue weighted by Gasteiger charge is 2.12. The third-order valence-corrected chi connectivity index (χ3v) is 3.35. The van der Waals surface area contributed by atoms with E-state index in [4.69, 9.17) is 4.52 Å². The number of aryl methyl sites for hydroxylation is 2. The van der Waals surface area contributed by atoms with Gasteiger partial charge >= 0.3 is 0 Å². The summed E-state index contributed by atoms with van der Waals surface area (Å²) in [6.45, 7) is 3.96. The molecule has 1 N–H and O–H groups in total. The van der Waals surface area contributed by atoms with Crippen molar-refractivity contribution in [2.75, 3.05) is 0 Å². The molecule has 0 fully saturated rings. The van der Waals surface area contributed by atoms with Crippen LogP contribution in [0, 0.1) is 13.8 Å². The number of phenols is 1. The Morgan fingerprint density at radius 3 is 2.71 bits per heavy atom. The molecule has 0 bridgehead atoms. The van der Waals surface area contributed by atoms with E-state index in [-0.39, 0.29) is 5.75 Å². The Morgan fingerprint density at radius 1 is 1.10 bits per heavy atom. The summed E-state index contributed by atoms with van der Waals surface area (Å²) < 4.78 is 5.33.